The lowest BCUT2D eigenvalue weighted by atomic mass is 10.0. The average Bonchev–Trinajstić information content (AvgIpc) is 3.04. The van der Waals surface area contributed by atoms with E-state index in [2.05, 4.69) is 36.9 Å². The molecule has 4 rings (SSSR count). The molecule has 3 aromatic rings. The predicted molar refractivity (Wildman–Crippen MR) is 110 cm³/mol. The van der Waals surface area contributed by atoms with Crippen LogP contribution in [0.5, 0.6) is 0 Å². The lowest BCUT2D eigenvalue weighted by Crippen LogP contribution is -2.41. The number of carbonyl (C=O) groups is 1. The van der Waals surface area contributed by atoms with Gasteiger partial charge in [0.1, 0.15) is 16.9 Å². The first kappa shape index (κ1) is 18.9. The van der Waals surface area contributed by atoms with Crippen molar-refractivity contribution < 1.29 is 9.18 Å². The van der Waals surface area contributed by atoms with Gasteiger partial charge in [0.15, 0.2) is 0 Å². The molecule has 2 heterocycles. The van der Waals surface area contributed by atoms with Crippen LogP contribution in [0.3, 0.4) is 0 Å². The molecule has 0 unspecified atom stereocenters. The van der Waals surface area contributed by atoms with Crippen LogP contribution in [0, 0.1) is 19.7 Å². The van der Waals surface area contributed by atoms with Crippen LogP contribution in [0.15, 0.2) is 52.1 Å². The Labute approximate surface area is 174 Å². The fourth-order valence-electron chi connectivity index (χ4n) is 3.01. The van der Waals surface area contributed by atoms with Crippen LogP contribution in [-0.2, 0) is 4.79 Å². The van der Waals surface area contributed by atoms with Crippen molar-refractivity contribution in [2.24, 2.45) is 0 Å². The number of aryl methyl sites for hydroxylation is 2. The molecular formula is C19H17BrFN5OS. The number of hydrogen-bond donors (Lipinski definition) is 2. The predicted octanol–water partition coefficient (Wildman–Crippen LogP) is 4.19. The standard InChI is InChI=1S/C19H17BrFN5OS/c1-10-3-8-15(14(20)9-10)22-18(27)17-16(12-4-6-13(21)7-5-12)25-26-11(2)23-24-19(26)28-17/h3-9,16-17,25H,1-2H3,(H,22,27)/t16-,17-/m1/s1. The quantitative estimate of drug-likeness (QED) is 0.611. The van der Waals surface area contributed by atoms with Gasteiger partial charge in [-0.25, -0.2) is 9.07 Å². The smallest absolute Gasteiger partial charge is 0.240 e. The molecule has 0 saturated carbocycles. The molecule has 1 aliphatic rings. The van der Waals surface area contributed by atoms with E-state index >= 15 is 0 Å². The summed E-state index contributed by atoms with van der Waals surface area (Å²) in [6.07, 6.45) is 0. The number of nitrogens with zero attached hydrogens (tertiary/aromatic N) is 3. The Bertz CT molecular complexity index is 1040. The number of rotatable bonds is 3. The van der Waals surface area contributed by atoms with Crippen LogP contribution in [0.1, 0.15) is 23.0 Å². The van der Waals surface area contributed by atoms with Crippen LogP contribution in [0.4, 0.5) is 10.1 Å². The summed E-state index contributed by atoms with van der Waals surface area (Å²) in [6, 6.07) is 11.5. The third-order valence-electron chi connectivity index (χ3n) is 4.47. The summed E-state index contributed by atoms with van der Waals surface area (Å²) in [5, 5.41) is 11.3. The summed E-state index contributed by atoms with van der Waals surface area (Å²) in [5.74, 6) is 0.191. The molecule has 0 aliphatic carbocycles. The Morgan fingerprint density at radius 2 is 1.96 bits per heavy atom. The summed E-state index contributed by atoms with van der Waals surface area (Å²) in [7, 11) is 0. The highest BCUT2D eigenvalue weighted by molar-refractivity contribution is 9.10. The van der Waals surface area contributed by atoms with Gasteiger partial charge in [-0.2, -0.15) is 0 Å². The topological polar surface area (TPSA) is 71.8 Å². The van der Waals surface area contributed by atoms with Gasteiger partial charge in [0.05, 0.1) is 11.7 Å². The maximum atomic E-state index is 13.4. The molecule has 1 aliphatic heterocycles. The van der Waals surface area contributed by atoms with Crippen LogP contribution in [-0.4, -0.2) is 26.0 Å². The van der Waals surface area contributed by atoms with Crippen molar-refractivity contribution >= 4 is 39.3 Å². The number of nitrogens with one attached hydrogen (secondary N) is 2. The summed E-state index contributed by atoms with van der Waals surface area (Å²) < 4.78 is 16.0. The number of hydrogen-bond acceptors (Lipinski definition) is 5. The zero-order valence-electron chi connectivity index (χ0n) is 15.1. The lowest BCUT2D eigenvalue weighted by molar-refractivity contribution is -0.116. The van der Waals surface area contributed by atoms with Crippen molar-refractivity contribution in [1.29, 1.82) is 0 Å². The molecule has 0 saturated heterocycles. The van der Waals surface area contributed by atoms with Gasteiger partial charge in [-0.1, -0.05) is 30.0 Å². The molecule has 1 aromatic heterocycles. The minimum absolute atomic E-state index is 0.178. The Morgan fingerprint density at radius 3 is 2.68 bits per heavy atom. The highest BCUT2D eigenvalue weighted by Gasteiger charge is 2.37. The summed E-state index contributed by atoms with van der Waals surface area (Å²) in [4.78, 5) is 13.1. The van der Waals surface area contributed by atoms with Crippen molar-refractivity contribution in [3.63, 3.8) is 0 Å². The Morgan fingerprint density at radius 1 is 1.21 bits per heavy atom. The van der Waals surface area contributed by atoms with E-state index in [4.69, 9.17) is 0 Å². The van der Waals surface area contributed by atoms with Crippen molar-refractivity contribution in [2.45, 2.75) is 30.3 Å². The summed E-state index contributed by atoms with van der Waals surface area (Å²) >= 11 is 4.82. The number of amides is 1. The maximum Gasteiger partial charge on any atom is 0.240 e. The minimum atomic E-state index is -0.519. The molecule has 2 atom stereocenters. The molecule has 0 fully saturated rings. The van der Waals surface area contributed by atoms with Gasteiger partial charge >= 0.3 is 0 Å². The first-order valence-corrected chi connectivity index (χ1v) is 10.3. The van der Waals surface area contributed by atoms with Gasteiger partial charge < -0.3 is 10.7 Å². The van der Waals surface area contributed by atoms with E-state index in [0.717, 1.165) is 15.6 Å². The van der Waals surface area contributed by atoms with Crippen molar-refractivity contribution in [3.05, 3.63) is 69.7 Å². The molecule has 144 valence electrons. The number of aromatic nitrogens is 3. The Kier molecular flexibility index (Phi) is 5.11. The first-order chi connectivity index (χ1) is 13.4. The summed E-state index contributed by atoms with van der Waals surface area (Å²) in [5.41, 5.74) is 5.88. The van der Waals surface area contributed by atoms with E-state index in [1.807, 2.05) is 32.0 Å². The lowest BCUT2D eigenvalue weighted by Gasteiger charge is -2.32. The summed E-state index contributed by atoms with van der Waals surface area (Å²) in [6.45, 7) is 3.81. The van der Waals surface area contributed by atoms with E-state index in [0.29, 0.717) is 16.7 Å². The molecule has 2 N–H and O–H groups in total. The van der Waals surface area contributed by atoms with Crippen LogP contribution < -0.4 is 10.7 Å². The fraction of sp³-hybridized carbons (Fsp3) is 0.211. The zero-order valence-corrected chi connectivity index (χ0v) is 17.5. The van der Waals surface area contributed by atoms with Gasteiger partial charge in [-0.05, 0) is 65.2 Å². The van der Waals surface area contributed by atoms with Gasteiger partial charge in [-0.15, -0.1) is 10.2 Å². The minimum Gasteiger partial charge on any atom is -0.324 e. The van der Waals surface area contributed by atoms with Crippen LogP contribution in [0.2, 0.25) is 0 Å². The SMILES string of the molecule is Cc1ccc(NC(=O)[C@@H]2Sc3nnc(C)n3N[C@@H]2c2ccc(F)cc2)c(Br)c1. The fourth-order valence-corrected chi connectivity index (χ4v) is 4.72. The molecule has 0 spiro atoms. The Hall–Kier alpha value is -2.39. The molecule has 2 aromatic carbocycles. The first-order valence-electron chi connectivity index (χ1n) is 8.60. The molecule has 9 heteroatoms. The zero-order chi connectivity index (χ0) is 19.8. The molecule has 0 radical (unpaired) electrons. The highest BCUT2D eigenvalue weighted by atomic mass is 79.9. The monoisotopic (exact) mass is 461 g/mol. The molecule has 28 heavy (non-hydrogen) atoms. The molecule has 0 bridgehead atoms. The number of halogens is 2. The van der Waals surface area contributed by atoms with E-state index < -0.39 is 5.25 Å². The second-order valence-corrected chi connectivity index (χ2v) is 8.50. The average molecular weight is 462 g/mol. The van der Waals surface area contributed by atoms with Crippen LogP contribution >= 0.6 is 27.7 Å². The molecular weight excluding hydrogens is 445 g/mol. The normalized spacial score (nSPS) is 18.3. The van der Waals surface area contributed by atoms with Crippen LogP contribution in [0.25, 0.3) is 0 Å². The molecule has 1 amide bonds. The van der Waals surface area contributed by atoms with Crippen molar-refractivity contribution in [1.82, 2.24) is 14.9 Å². The van der Waals surface area contributed by atoms with Gasteiger partial charge in [0.2, 0.25) is 11.1 Å². The van der Waals surface area contributed by atoms with Gasteiger partial charge in [0.25, 0.3) is 0 Å². The molecule has 6 nitrogen and oxygen atoms in total. The van der Waals surface area contributed by atoms with E-state index in [1.54, 1.807) is 16.8 Å². The van der Waals surface area contributed by atoms with Crippen molar-refractivity contribution in [2.75, 3.05) is 10.7 Å². The third kappa shape index (κ3) is 3.64. The van der Waals surface area contributed by atoms with Gasteiger partial charge in [-0.3, -0.25) is 4.79 Å². The number of fused-ring (bicyclic) bond motifs is 1. The largest absolute Gasteiger partial charge is 0.324 e. The highest BCUT2D eigenvalue weighted by Crippen LogP contribution is 2.38. The third-order valence-corrected chi connectivity index (χ3v) is 6.34. The number of anilines is 1. The number of benzene rings is 2. The van der Waals surface area contributed by atoms with Crippen molar-refractivity contribution in [3.8, 4) is 0 Å². The second kappa shape index (κ2) is 7.56. The maximum absolute atomic E-state index is 13.4. The van der Waals surface area contributed by atoms with E-state index in [9.17, 15) is 9.18 Å². The Balaban J connectivity index is 1.67. The number of carbonyl (C=O) groups excluding carboxylic acids is 1. The van der Waals surface area contributed by atoms with E-state index in [-0.39, 0.29) is 17.8 Å². The van der Waals surface area contributed by atoms with E-state index in [1.165, 1.54) is 23.9 Å². The van der Waals surface area contributed by atoms with Gasteiger partial charge in [0, 0.05) is 4.47 Å². The number of thioether (sulfide) groups is 1. The second-order valence-electron chi connectivity index (χ2n) is 6.53.